The van der Waals surface area contributed by atoms with E-state index in [9.17, 15) is 5.11 Å². The van der Waals surface area contributed by atoms with Gasteiger partial charge in [0.25, 0.3) is 0 Å². The molecule has 0 radical (unpaired) electrons. The third kappa shape index (κ3) is 0.873. The van der Waals surface area contributed by atoms with Crippen molar-refractivity contribution in [2.75, 3.05) is 6.61 Å². The Hall–Kier alpha value is -0.0400. The number of hydrogen-bond donors (Lipinski definition) is 1. The standard InChI is InChI=1S/C17H26O/c1-15-5-10-3-11-13(15)6-17(9-18)7-14(15)12(4-10)16(11,2)8-17/h10-14,18H,3-9H2,1-2H3. The Morgan fingerprint density at radius 1 is 0.889 bits per heavy atom. The minimum Gasteiger partial charge on any atom is -0.396 e. The molecule has 0 aliphatic heterocycles. The Morgan fingerprint density at radius 2 is 1.50 bits per heavy atom. The third-order valence-electron chi connectivity index (χ3n) is 8.66. The zero-order chi connectivity index (χ0) is 12.3. The van der Waals surface area contributed by atoms with Gasteiger partial charge in [-0.15, -0.1) is 0 Å². The second kappa shape index (κ2) is 2.71. The summed E-state index contributed by atoms with van der Waals surface area (Å²) in [7, 11) is 0. The lowest BCUT2D eigenvalue weighted by Crippen LogP contribution is -2.73. The van der Waals surface area contributed by atoms with E-state index in [4.69, 9.17) is 0 Å². The fraction of sp³-hybridized carbons (Fsp3) is 1.00. The highest BCUT2D eigenvalue weighted by Gasteiger charge is 2.74. The summed E-state index contributed by atoms with van der Waals surface area (Å²) in [5, 5.41) is 9.99. The van der Waals surface area contributed by atoms with E-state index in [1.165, 1.54) is 38.5 Å². The van der Waals surface area contributed by atoms with Crippen molar-refractivity contribution in [3.8, 4) is 0 Å². The molecule has 1 N–H and O–H groups in total. The fourth-order valence-electron chi connectivity index (χ4n) is 8.33. The largest absolute Gasteiger partial charge is 0.396 e. The molecule has 0 saturated heterocycles. The van der Waals surface area contributed by atoms with Crippen LogP contribution in [0.3, 0.4) is 0 Å². The second-order valence-electron chi connectivity index (χ2n) is 9.22. The van der Waals surface area contributed by atoms with Gasteiger partial charge in [0.15, 0.2) is 0 Å². The molecule has 0 aromatic heterocycles. The monoisotopic (exact) mass is 246 g/mol. The third-order valence-corrected chi connectivity index (χ3v) is 8.66. The van der Waals surface area contributed by atoms with E-state index < -0.39 is 0 Å². The summed E-state index contributed by atoms with van der Waals surface area (Å²) in [5.74, 6) is 4.99. The van der Waals surface area contributed by atoms with E-state index in [0.717, 1.165) is 29.6 Å². The maximum Gasteiger partial charge on any atom is 0.0487 e. The molecule has 4 unspecified atom stereocenters. The van der Waals surface area contributed by atoms with Crippen LogP contribution in [0.4, 0.5) is 0 Å². The molecule has 0 aromatic carbocycles. The van der Waals surface area contributed by atoms with Crippen molar-refractivity contribution >= 4 is 0 Å². The van der Waals surface area contributed by atoms with Crippen LogP contribution in [-0.4, -0.2) is 11.7 Å². The molecule has 7 saturated carbocycles. The van der Waals surface area contributed by atoms with E-state index in [-0.39, 0.29) is 0 Å². The lowest BCUT2D eigenvalue weighted by atomic mass is 9.25. The molecule has 1 heteroatoms. The summed E-state index contributed by atoms with van der Waals surface area (Å²) in [6, 6.07) is 0. The van der Waals surface area contributed by atoms with Gasteiger partial charge >= 0.3 is 0 Å². The Balaban J connectivity index is 1.72. The average Bonchev–Trinajstić information content (AvgIpc) is 2.35. The van der Waals surface area contributed by atoms with Crippen molar-refractivity contribution in [2.24, 2.45) is 45.8 Å². The molecule has 0 amide bonds. The smallest absolute Gasteiger partial charge is 0.0487 e. The SMILES string of the molecule is CC12CC3CC4C1CC1(CO)CC2C(C3)C4(C)C1. The van der Waals surface area contributed by atoms with Gasteiger partial charge < -0.3 is 5.11 Å². The zero-order valence-corrected chi connectivity index (χ0v) is 11.8. The summed E-state index contributed by atoms with van der Waals surface area (Å²) in [6.45, 7) is 5.70. The number of aliphatic hydroxyl groups is 1. The van der Waals surface area contributed by atoms with E-state index in [1.807, 2.05) is 0 Å². The van der Waals surface area contributed by atoms with Gasteiger partial charge in [-0.05, 0) is 84.4 Å². The lowest BCUT2D eigenvalue weighted by Gasteiger charge is -2.79. The van der Waals surface area contributed by atoms with Gasteiger partial charge in [0, 0.05) is 6.61 Å². The molecule has 8 bridgehead atoms. The summed E-state index contributed by atoms with van der Waals surface area (Å²) >= 11 is 0. The van der Waals surface area contributed by atoms with Gasteiger partial charge in [0.2, 0.25) is 0 Å². The first-order valence-corrected chi connectivity index (χ1v) is 8.12. The molecule has 0 heterocycles. The first-order chi connectivity index (χ1) is 8.51. The van der Waals surface area contributed by atoms with Gasteiger partial charge in [-0.1, -0.05) is 13.8 Å². The Labute approximate surface area is 110 Å². The van der Waals surface area contributed by atoms with Crippen molar-refractivity contribution in [1.82, 2.24) is 0 Å². The lowest BCUT2D eigenvalue weighted by molar-refractivity contribution is -0.314. The molecule has 0 aromatic rings. The van der Waals surface area contributed by atoms with Crippen molar-refractivity contribution < 1.29 is 5.11 Å². The van der Waals surface area contributed by atoms with Crippen LogP contribution in [0.25, 0.3) is 0 Å². The average molecular weight is 246 g/mol. The summed E-state index contributed by atoms with van der Waals surface area (Å²) in [5.41, 5.74) is 1.60. The molecule has 0 spiro atoms. The highest BCUT2D eigenvalue weighted by molar-refractivity contribution is 5.23. The highest BCUT2D eigenvalue weighted by atomic mass is 16.3. The summed E-state index contributed by atoms with van der Waals surface area (Å²) in [6.07, 6.45) is 8.64. The van der Waals surface area contributed by atoms with Crippen LogP contribution in [0.5, 0.6) is 0 Å². The van der Waals surface area contributed by atoms with Crippen molar-refractivity contribution in [3.63, 3.8) is 0 Å². The number of aliphatic hydroxyl groups excluding tert-OH is 1. The van der Waals surface area contributed by atoms with Crippen molar-refractivity contribution in [1.29, 1.82) is 0 Å². The highest BCUT2D eigenvalue weighted by Crippen LogP contribution is 2.81. The molecule has 18 heavy (non-hydrogen) atoms. The molecular formula is C17H26O. The van der Waals surface area contributed by atoms with E-state index in [1.54, 1.807) is 0 Å². The minimum absolute atomic E-state index is 0.334. The summed E-state index contributed by atoms with van der Waals surface area (Å²) < 4.78 is 0. The Bertz CT molecular complexity index is 401. The Morgan fingerprint density at radius 3 is 2.06 bits per heavy atom. The maximum atomic E-state index is 9.99. The molecule has 1 nitrogen and oxygen atoms in total. The van der Waals surface area contributed by atoms with Crippen molar-refractivity contribution in [3.05, 3.63) is 0 Å². The van der Waals surface area contributed by atoms with Gasteiger partial charge in [-0.25, -0.2) is 0 Å². The van der Waals surface area contributed by atoms with Crippen LogP contribution in [-0.2, 0) is 0 Å². The van der Waals surface area contributed by atoms with E-state index >= 15 is 0 Å². The molecule has 4 atom stereocenters. The maximum absolute atomic E-state index is 9.99. The van der Waals surface area contributed by atoms with Gasteiger partial charge in [-0.3, -0.25) is 0 Å². The minimum atomic E-state index is 0.334. The zero-order valence-electron chi connectivity index (χ0n) is 11.8. The molecule has 7 aliphatic rings. The topological polar surface area (TPSA) is 20.2 Å². The van der Waals surface area contributed by atoms with Crippen LogP contribution >= 0.6 is 0 Å². The van der Waals surface area contributed by atoms with Gasteiger partial charge in [0.05, 0.1) is 0 Å². The van der Waals surface area contributed by atoms with Crippen LogP contribution in [0, 0.1) is 45.8 Å². The van der Waals surface area contributed by atoms with Gasteiger partial charge in [0.1, 0.15) is 0 Å². The predicted molar refractivity (Wildman–Crippen MR) is 70.9 cm³/mol. The van der Waals surface area contributed by atoms with Crippen LogP contribution in [0.15, 0.2) is 0 Å². The summed E-state index contributed by atoms with van der Waals surface area (Å²) in [4.78, 5) is 0. The first-order valence-electron chi connectivity index (χ1n) is 8.12. The predicted octanol–water partition coefficient (Wildman–Crippen LogP) is 3.47. The molecule has 100 valence electrons. The second-order valence-corrected chi connectivity index (χ2v) is 9.22. The van der Waals surface area contributed by atoms with Gasteiger partial charge in [-0.2, -0.15) is 0 Å². The normalized spacial score (nSPS) is 71.2. The molecule has 7 aliphatic carbocycles. The quantitative estimate of drug-likeness (QED) is 0.751. The van der Waals surface area contributed by atoms with E-state index in [2.05, 4.69) is 13.8 Å². The molecular weight excluding hydrogens is 220 g/mol. The first kappa shape index (κ1) is 10.7. The number of hydrogen-bond acceptors (Lipinski definition) is 1. The number of rotatable bonds is 1. The van der Waals surface area contributed by atoms with Crippen molar-refractivity contribution in [2.45, 2.75) is 52.4 Å². The van der Waals surface area contributed by atoms with E-state index in [0.29, 0.717) is 22.9 Å². The molecule has 7 rings (SSSR count). The fourth-order valence-corrected chi connectivity index (χ4v) is 8.33. The van der Waals surface area contributed by atoms with Crippen LogP contribution in [0.1, 0.15) is 52.4 Å². The van der Waals surface area contributed by atoms with Crippen LogP contribution in [0.2, 0.25) is 0 Å². The van der Waals surface area contributed by atoms with Crippen LogP contribution < -0.4 is 0 Å². The Kier molecular flexibility index (Phi) is 1.61. The molecule has 7 fully saturated rings.